The molecule has 2 nitrogen and oxygen atoms in total. The third-order valence-electron chi connectivity index (χ3n) is 4.92. The van der Waals surface area contributed by atoms with Gasteiger partial charge in [-0.25, -0.2) is 0 Å². The summed E-state index contributed by atoms with van der Waals surface area (Å²) in [4.78, 5) is 0. The summed E-state index contributed by atoms with van der Waals surface area (Å²) >= 11 is 0. The van der Waals surface area contributed by atoms with Gasteiger partial charge in [0.25, 0.3) is 0 Å². The number of hydrogen-bond donors (Lipinski definition) is 1. The average Bonchev–Trinajstić information content (AvgIpc) is 2.34. The molecule has 0 radical (unpaired) electrons. The summed E-state index contributed by atoms with van der Waals surface area (Å²) in [5.74, 6) is 0.936. The molecule has 2 rings (SSSR count). The molecule has 2 unspecified atom stereocenters. The molecule has 2 heteroatoms. The van der Waals surface area contributed by atoms with Crippen molar-refractivity contribution in [2.24, 2.45) is 11.3 Å². The van der Waals surface area contributed by atoms with Gasteiger partial charge >= 0.3 is 0 Å². The first-order valence-corrected chi connectivity index (χ1v) is 7.49. The first-order valence-electron chi connectivity index (χ1n) is 7.49. The summed E-state index contributed by atoms with van der Waals surface area (Å²) in [7, 11) is 0. The lowest BCUT2D eigenvalue weighted by Gasteiger charge is -2.52. The third-order valence-corrected chi connectivity index (χ3v) is 4.92. The second-order valence-corrected chi connectivity index (χ2v) is 6.47. The van der Waals surface area contributed by atoms with Crippen LogP contribution in [0.2, 0.25) is 0 Å². The maximum atomic E-state index is 5.78. The van der Waals surface area contributed by atoms with Gasteiger partial charge in [0, 0.05) is 18.1 Å². The Labute approximate surface area is 107 Å². The molecule has 2 atom stereocenters. The largest absolute Gasteiger partial charge is 0.378 e. The standard InChI is InChI=1S/C15H29NO/c1-4-17-14-10-13(15(14,2)3)16-11-12-8-6-5-7-9-12/h12-14,16H,4-11H2,1-3H3. The van der Waals surface area contributed by atoms with Crippen LogP contribution in [0.15, 0.2) is 0 Å². The van der Waals surface area contributed by atoms with Crippen molar-refractivity contribution in [3.63, 3.8) is 0 Å². The van der Waals surface area contributed by atoms with Gasteiger partial charge in [0.2, 0.25) is 0 Å². The number of rotatable bonds is 5. The minimum Gasteiger partial charge on any atom is -0.378 e. The maximum Gasteiger partial charge on any atom is 0.0655 e. The predicted octanol–water partition coefficient (Wildman–Crippen LogP) is 3.36. The lowest BCUT2D eigenvalue weighted by molar-refractivity contribution is -0.114. The highest BCUT2D eigenvalue weighted by atomic mass is 16.5. The Hall–Kier alpha value is -0.0800. The van der Waals surface area contributed by atoms with Gasteiger partial charge in [-0.3, -0.25) is 0 Å². The molecule has 2 saturated carbocycles. The van der Waals surface area contributed by atoms with Gasteiger partial charge in [0.15, 0.2) is 0 Å². The minimum atomic E-state index is 0.324. The normalized spacial score (nSPS) is 33.4. The molecule has 2 fully saturated rings. The zero-order valence-electron chi connectivity index (χ0n) is 11.8. The average molecular weight is 239 g/mol. The van der Waals surface area contributed by atoms with Gasteiger partial charge in [-0.05, 0) is 38.6 Å². The maximum absolute atomic E-state index is 5.78. The fourth-order valence-electron chi connectivity index (χ4n) is 3.42. The number of nitrogens with one attached hydrogen (secondary N) is 1. The fraction of sp³-hybridized carbons (Fsp3) is 1.00. The lowest BCUT2D eigenvalue weighted by atomic mass is 9.64. The van der Waals surface area contributed by atoms with E-state index in [1.54, 1.807) is 0 Å². The molecule has 17 heavy (non-hydrogen) atoms. The number of ether oxygens (including phenoxy) is 1. The molecule has 0 spiro atoms. The summed E-state index contributed by atoms with van der Waals surface area (Å²) in [6.45, 7) is 8.86. The summed E-state index contributed by atoms with van der Waals surface area (Å²) < 4.78 is 5.78. The van der Waals surface area contributed by atoms with Crippen molar-refractivity contribution in [2.45, 2.75) is 71.4 Å². The molecule has 0 saturated heterocycles. The first-order chi connectivity index (χ1) is 8.14. The molecule has 2 aliphatic carbocycles. The molecule has 100 valence electrons. The highest BCUT2D eigenvalue weighted by Gasteiger charge is 2.48. The van der Waals surface area contributed by atoms with Gasteiger partial charge < -0.3 is 10.1 Å². The Morgan fingerprint density at radius 3 is 2.47 bits per heavy atom. The van der Waals surface area contributed by atoms with Gasteiger partial charge in [-0.2, -0.15) is 0 Å². The Kier molecular flexibility index (Phi) is 4.48. The summed E-state index contributed by atoms with van der Waals surface area (Å²) in [5, 5.41) is 3.79. The van der Waals surface area contributed by atoms with Crippen LogP contribution in [0.3, 0.4) is 0 Å². The van der Waals surface area contributed by atoms with E-state index in [1.165, 1.54) is 45.1 Å². The minimum absolute atomic E-state index is 0.324. The fourth-order valence-corrected chi connectivity index (χ4v) is 3.42. The smallest absolute Gasteiger partial charge is 0.0655 e. The molecule has 0 aromatic rings. The molecule has 0 aromatic carbocycles. The van der Waals surface area contributed by atoms with E-state index in [0.717, 1.165) is 12.5 Å². The van der Waals surface area contributed by atoms with Crippen molar-refractivity contribution in [2.75, 3.05) is 13.2 Å². The monoisotopic (exact) mass is 239 g/mol. The predicted molar refractivity (Wildman–Crippen MR) is 72.2 cm³/mol. The Morgan fingerprint density at radius 2 is 1.88 bits per heavy atom. The SMILES string of the molecule is CCOC1CC(NCC2CCCCC2)C1(C)C. The molecular weight excluding hydrogens is 210 g/mol. The van der Waals surface area contributed by atoms with Crippen LogP contribution in [0.25, 0.3) is 0 Å². The van der Waals surface area contributed by atoms with E-state index in [2.05, 4.69) is 26.1 Å². The summed E-state index contributed by atoms with van der Waals surface area (Å²) in [5.41, 5.74) is 0.324. The van der Waals surface area contributed by atoms with Gasteiger partial charge in [0.1, 0.15) is 0 Å². The van der Waals surface area contributed by atoms with Crippen LogP contribution in [0.4, 0.5) is 0 Å². The highest BCUT2D eigenvalue weighted by Crippen LogP contribution is 2.42. The number of hydrogen-bond acceptors (Lipinski definition) is 2. The summed E-state index contributed by atoms with van der Waals surface area (Å²) in [6, 6.07) is 0.668. The van der Waals surface area contributed by atoms with Crippen molar-refractivity contribution < 1.29 is 4.74 Å². The molecule has 0 bridgehead atoms. The van der Waals surface area contributed by atoms with Crippen molar-refractivity contribution in [1.29, 1.82) is 0 Å². The second-order valence-electron chi connectivity index (χ2n) is 6.47. The van der Waals surface area contributed by atoms with Crippen LogP contribution >= 0.6 is 0 Å². The summed E-state index contributed by atoms with van der Waals surface area (Å²) in [6.07, 6.45) is 8.90. The van der Waals surface area contributed by atoms with Crippen LogP contribution in [-0.2, 0) is 4.74 Å². The molecule has 0 aliphatic heterocycles. The molecule has 0 aromatic heterocycles. The zero-order chi connectivity index (χ0) is 12.3. The Morgan fingerprint density at radius 1 is 1.18 bits per heavy atom. The molecule has 0 amide bonds. The van der Waals surface area contributed by atoms with E-state index >= 15 is 0 Å². The van der Waals surface area contributed by atoms with E-state index in [4.69, 9.17) is 4.74 Å². The lowest BCUT2D eigenvalue weighted by Crippen LogP contribution is -2.61. The van der Waals surface area contributed by atoms with Crippen LogP contribution in [0.5, 0.6) is 0 Å². The van der Waals surface area contributed by atoms with Gasteiger partial charge in [-0.15, -0.1) is 0 Å². The van der Waals surface area contributed by atoms with Crippen molar-refractivity contribution in [3.8, 4) is 0 Å². The molecular formula is C15H29NO. The van der Waals surface area contributed by atoms with Crippen molar-refractivity contribution in [1.82, 2.24) is 5.32 Å². The Balaban J connectivity index is 1.70. The topological polar surface area (TPSA) is 21.3 Å². The van der Waals surface area contributed by atoms with Crippen LogP contribution < -0.4 is 5.32 Å². The zero-order valence-corrected chi connectivity index (χ0v) is 11.8. The highest BCUT2D eigenvalue weighted by molar-refractivity contribution is 5.02. The van der Waals surface area contributed by atoms with Crippen LogP contribution in [0.1, 0.15) is 59.3 Å². The van der Waals surface area contributed by atoms with E-state index in [1.807, 2.05) is 0 Å². The first kappa shape index (κ1) is 13.4. The molecule has 0 heterocycles. The second kappa shape index (κ2) is 5.71. The van der Waals surface area contributed by atoms with Crippen molar-refractivity contribution in [3.05, 3.63) is 0 Å². The van der Waals surface area contributed by atoms with Gasteiger partial charge in [0.05, 0.1) is 6.10 Å². The quantitative estimate of drug-likeness (QED) is 0.794. The van der Waals surface area contributed by atoms with E-state index < -0.39 is 0 Å². The van der Waals surface area contributed by atoms with Gasteiger partial charge in [-0.1, -0.05) is 33.1 Å². The molecule has 1 N–H and O–H groups in total. The van der Waals surface area contributed by atoms with Crippen LogP contribution in [-0.4, -0.2) is 25.3 Å². The van der Waals surface area contributed by atoms with E-state index in [0.29, 0.717) is 17.6 Å². The Bertz CT molecular complexity index is 233. The third kappa shape index (κ3) is 3.03. The van der Waals surface area contributed by atoms with Crippen molar-refractivity contribution >= 4 is 0 Å². The molecule has 2 aliphatic rings. The van der Waals surface area contributed by atoms with E-state index in [9.17, 15) is 0 Å². The van der Waals surface area contributed by atoms with Crippen LogP contribution in [0, 0.1) is 11.3 Å². The van der Waals surface area contributed by atoms with E-state index in [-0.39, 0.29) is 0 Å².